The van der Waals surface area contributed by atoms with Crippen LogP contribution in [-0.2, 0) is 13.0 Å². The molecule has 0 radical (unpaired) electrons. The summed E-state index contributed by atoms with van der Waals surface area (Å²) in [5.74, 6) is 0. The van der Waals surface area contributed by atoms with Crippen LogP contribution in [0, 0.1) is 0 Å². The Hall–Kier alpha value is -1.26. The van der Waals surface area contributed by atoms with E-state index in [0.717, 1.165) is 17.1 Å². The first-order valence-electron chi connectivity index (χ1n) is 4.41. The molecule has 2 aromatic heterocycles. The summed E-state index contributed by atoms with van der Waals surface area (Å²) < 4.78 is 0. The molecule has 0 fully saturated rings. The van der Waals surface area contributed by atoms with Gasteiger partial charge >= 0.3 is 0 Å². The van der Waals surface area contributed by atoms with Crippen LogP contribution in [0.3, 0.4) is 0 Å². The van der Waals surface area contributed by atoms with Gasteiger partial charge in [-0.25, -0.2) is 4.98 Å². The Bertz CT molecular complexity index is 397. The zero-order valence-electron chi connectivity index (χ0n) is 7.68. The van der Waals surface area contributed by atoms with Crippen molar-refractivity contribution in [2.24, 2.45) is 5.73 Å². The number of aromatic nitrogens is 2. The van der Waals surface area contributed by atoms with Crippen molar-refractivity contribution in [2.75, 3.05) is 0 Å². The SMILES string of the molecule is NCc1csc(Cc2cccnc2)n1. The van der Waals surface area contributed by atoms with Gasteiger partial charge in [-0.15, -0.1) is 11.3 Å². The van der Waals surface area contributed by atoms with Crippen molar-refractivity contribution in [2.45, 2.75) is 13.0 Å². The zero-order valence-corrected chi connectivity index (χ0v) is 8.50. The molecule has 72 valence electrons. The second-order valence-corrected chi connectivity index (χ2v) is 3.92. The third-order valence-corrected chi connectivity index (χ3v) is 2.78. The molecule has 0 aliphatic rings. The molecular weight excluding hydrogens is 194 g/mol. The zero-order chi connectivity index (χ0) is 9.80. The van der Waals surface area contributed by atoms with Crippen LogP contribution in [0.25, 0.3) is 0 Å². The first kappa shape index (κ1) is 9.30. The molecule has 2 aromatic rings. The lowest BCUT2D eigenvalue weighted by Crippen LogP contribution is -1.96. The first-order chi connectivity index (χ1) is 6.88. The summed E-state index contributed by atoms with van der Waals surface area (Å²) in [6, 6.07) is 3.99. The van der Waals surface area contributed by atoms with Crippen LogP contribution < -0.4 is 5.73 Å². The molecule has 0 spiro atoms. The molecule has 0 amide bonds. The van der Waals surface area contributed by atoms with Gasteiger partial charge in [-0.05, 0) is 11.6 Å². The molecule has 0 aliphatic heterocycles. The summed E-state index contributed by atoms with van der Waals surface area (Å²) >= 11 is 1.65. The molecule has 0 atom stereocenters. The van der Waals surface area contributed by atoms with Gasteiger partial charge in [0, 0.05) is 30.7 Å². The van der Waals surface area contributed by atoms with E-state index in [9.17, 15) is 0 Å². The third kappa shape index (κ3) is 2.16. The normalized spacial score (nSPS) is 10.4. The molecular formula is C10H11N3S. The van der Waals surface area contributed by atoms with Gasteiger partial charge in [-0.2, -0.15) is 0 Å². The predicted octanol–water partition coefficient (Wildman–Crippen LogP) is 1.59. The topological polar surface area (TPSA) is 51.8 Å². The van der Waals surface area contributed by atoms with Crippen molar-refractivity contribution in [3.05, 3.63) is 46.2 Å². The fourth-order valence-electron chi connectivity index (χ4n) is 1.20. The maximum absolute atomic E-state index is 5.49. The minimum atomic E-state index is 0.517. The highest BCUT2D eigenvalue weighted by atomic mass is 32.1. The highest BCUT2D eigenvalue weighted by molar-refractivity contribution is 7.09. The summed E-state index contributed by atoms with van der Waals surface area (Å²) in [6.07, 6.45) is 4.48. The van der Waals surface area contributed by atoms with Crippen LogP contribution in [-0.4, -0.2) is 9.97 Å². The monoisotopic (exact) mass is 205 g/mol. The lowest BCUT2D eigenvalue weighted by Gasteiger charge is -1.95. The van der Waals surface area contributed by atoms with Gasteiger partial charge in [0.15, 0.2) is 0 Å². The fraction of sp³-hybridized carbons (Fsp3) is 0.200. The van der Waals surface area contributed by atoms with Crippen molar-refractivity contribution in [1.29, 1.82) is 0 Å². The largest absolute Gasteiger partial charge is 0.325 e. The van der Waals surface area contributed by atoms with E-state index >= 15 is 0 Å². The summed E-state index contributed by atoms with van der Waals surface area (Å²) in [7, 11) is 0. The number of rotatable bonds is 3. The van der Waals surface area contributed by atoms with Crippen LogP contribution in [0.4, 0.5) is 0 Å². The van der Waals surface area contributed by atoms with Crippen molar-refractivity contribution in [3.8, 4) is 0 Å². The highest BCUT2D eigenvalue weighted by Crippen LogP contribution is 2.13. The second kappa shape index (κ2) is 4.30. The molecule has 0 bridgehead atoms. The van der Waals surface area contributed by atoms with E-state index in [1.165, 1.54) is 5.56 Å². The van der Waals surface area contributed by atoms with Crippen molar-refractivity contribution >= 4 is 11.3 Å². The predicted molar refractivity (Wildman–Crippen MR) is 57.0 cm³/mol. The molecule has 2 rings (SSSR count). The van der Waals surface area contributed by atoms with E-state index in [1.54, 1.807) is 17.5 Å². The number of nitrogens with zero attached hydrogens (tertiary/aromatic N) is 2. The van der Waals surface area contributed by atoms with Gasteiger partial charge in [0.25, 0.3) is 0 Å². The van der Waals surface area contributed by atoms with Crippen LogP contribution in [0.1, 0.15) is 16.3 Å². The lowest BCUT2D eigenvalue weighted by atomic mass is 10.2. The van der Waals surface area contributed by atoms with Crippen LogP contribution >= 0.6 is 11.3 Å². The number of pyridine rings is 1. The average Bonchev–Trinajstić information content (AvgIpc) is 2.67. The van der Waals surface area contributed by atoms with E-state index < -0.39 is 0 Å². The van der Waals surface area contributed by atoms with Crippen LogP contribution in [0.5, 0.6) is 0 Å². The van der Waals surface area contributed by atoms with Crippen molar-refractivity contribution < 1.29 is 0 Å². The average molecular weight is 205 g/mol. The van der Waals surface area contributed by atoms with Crippen molar-refractivity contribution in [1.82, 2.24) is 9.97 Å². The number of thiazole rings is 1. The Morgan fingerprint density at radius 2 is 2.36 bits per heavy atom. The minimum Gasteiger partial charge on any atom is -0.325 e. The first-order valence-corrected chi connectivity index (χ1v) is 5.28. The smallest absolute Gasteiger partial charge is 0.0973 e. The van der Waals surface area contributed by atoms with E-state index in [-0.39, 0.29) is 0 Å². The quantitative estimate of drug-likeness (QED) is 0.827. The van der Waals surface area contributed by atoms with E-state index in [0.29, 0.717) is 6.54 Å². The maximum atomic E-state index is 5.49. The third-order valence-electron chi connectivity index (χ3n) is 1.89. The molecule has 0 aromatic carbocycles. The van der Waals surface area contributed by atoms with Crippen LogP contribution in [0.15, 0.2) is 29.9 Å². The Balaban J connectivity index is 2.11. The molecule has 2 N–H and O–H groups in total. The summed E-state index contributed by atoms with van der Waals surface area (Å²) in [4.78, 5) is 8.45. The van der Waals surface area contributed by atoms with Crippen molar-refractivity contribution in [3.63, 3.8) is 0 Å². The number of hydrogen-bond donors (Lipinski definition) is 1. The van der Waals surface area contributed by atoms with E-state index in [1.807, 2.05) is 17.6 Å². The maximum Gasteiger partial charge on any atom is 0.0973 e. The summed E-state index contributed by atoms with van der Waals surface area (Å²) in [6.45, 7) is 0.517. The Kier molecular flexibility index (Phi) is 2.86. The molecule has 0 unspecified atom stereocenters. The fourth-order valence-corrected chi connectivity index (χ4v) is 2.04. The molecule has 14 heavy (non-hydrogen) atoms. The standard InChI is InChI=1S/C10H11N3S/c11-5-9-7-14-10(13-9)4-8-2-1-3-12-6-8/h1-3,6-7H,4-5,11H2. The molecule has 0 saturated carbocycles. The minimum absolute atomic E-state index is 0.517. The van der Waals surface area contributed by atoms with E-state index in [4.69, 9.17) is 5.73 Å². The number of hydrogen-bond acceptors (Lipinski definition) is 4. The molecule has 4 heteroatoms. The Morgan fingerprint density at radius 1 is 1.43 bits per heavy atom. The Morgan fingerprint density at radius 3 is 3.00 bits per heavy atom. The van der Waals surface area contributed by atoms with Gasteiger partial charge in [-0.3, -0.25) is 4.98 Å². The highest BCUT2D eigenvalue weighted by Gasteiger charge is 2.01. The van der Waals surface area contributed by atoms with Gasteiger partial charge < -0.3 is 5.73 Å². The second-order valence-electron chi connectivity index (χ2n) is 2.97. The summed E-state index contributed by atoms with van der Waals surface area (Å²) in [5, 5.41) is 3.10. The van der Waals surface area contributed by atoms with Gasteiger partial charge in [0.2, 0.25) is 0 Å². The molecule has 2 heterocycles. The van der Waals surface area contributed by atoms with Gasteiger partial charge in [0.05, 0.1) is 10.7 Å². The molecule has 0 saturated heterocycles. The Labute approximate surface area is 86.6 Å². The molecule has 0 aliphatic carbocycles. The molecule has 3 nitrogen and oxygen atoms in total. The van der Waals surface area contributed by atoms with Gasteiger partial charge in [0.1, 0.15) is 0 Å². The van der Waals surface area contributed by atoms with Gasteiger partial charge in [-0.1, -0.05) is 6.07 Å². The lowest BCUT2D eigenvalue weighted by molar-refractivity contribution is 0.980. The van der Waals surface area contributed by atoms with E-state index in [2.05, 4.69) is 16.0 Å². The summed E-state index contributed by atoms with van der Waals surface area (Å²) in [5.41, 5.74) is 7.64. The number of nitrogens with two attached hydrogens (primary N) is 1. The van der Waals surface area contributed by atoms with Crippen LogP contribution in [0.2, 0.25) is 0 Å².